The Morgan fingerprint density at radius 2 is 2.21 bits per heavy atom. The molecule has 0 bridgehead atoms. The Hall–Kier alpha value is -1.42. The fourth-order valence-corrected chi connectivity index (χ4v) is 2.41. The zero-order valence-corrected chi connectivity index (χ0v) is 12.1. The lowest BCUT2D eigenvalue weighted by atomic mass is 10.1. The number of nitrogens with zero attached hydrogens (tertiary/aromatic N) is 2. The molecule has 0 heterocycles. The van der Waals surface area contributed by atoms with E-state index in [4.69, 9.17) is 22.5 Å². The van der Waals surface area contributed by atoms with Crippen LogP contribution in [-0.2, 0) is 0 Å². The van der Waals surface area contributed by atoms with Crippen molar-refractivity contribution in [3.8, 4) is 0 Å². The van der Waals surface area contributed by atoms with Gasteiger partial charge in [0.05, 0.1) is 10.7 Å². The number of halogens is 1. The van der Waals surface area contributed by atoms with Crippen LogP contribution < -0.4 is 10.6 Å². The maximum atomic E-state index is 8.68. The quantitative estimate of drug-likeness (QED) is 0.377. The molecule has 0 amide bonds. The molecule has 0 aromatic heterocycles. The van der Waals surface area contributed by atoms with E-state index in [2.05, 4.69) is 23.9 Å². The molecular weight excluding hydrogens is 262 g/mol. The second-order valence-corrected chi connectivity index (χ2v) is 5.75. The predicted molar refractivity (Wildman–Crippen MR) is 79.2 cm³/mol. The van der Waals surface area contributed by atoms with Gasteiger partial charge in [0.1, 0.15) is 0 Å². The van der Waals surface area contributed by atoms with E-state index in [9.17, 15) is 0 Å². The van der Waals surface area contributed by atoms with Gasteiger partial charge in [-0.15, -0.1) is 0 Å². The van der Waals surface area contributed by atoms with Gasteiger partial charge in [-0.2, -0.15) is 0 Å². The van der Waals surface area contributed by atoms with Gasteiger partial charge in [0.25, 0.3) is 0 Å². The third kappa shape index (κ3) is 3.32. The summed E-state index contributed by atoms with van der Waals surface area (Å²) in [6, 6.07) is 5.91. The van der Waals surface area contributed by atoms with Crippen molar-refractivity contribution in [2.75, 3.05) is 11.4 Å². The number of anilines is 1. The molecule has 0 radical (unpaired) electrons. The van der Waals surface area contributed by atoms with Crippen molar-refractivity contribution < 1.29 is 5.21 Å². The summed E-state index contributed by atoms with van der Waals surface area (Å²) in [6.45, 7) is 5.37. The molecule has 1 aromatic rings. The molecule has 2 rings (SSSR count). The monoisotopic (exact) mass is 281 g/mol. The average Bonchev–Trinajstić information content (AvgIpc) is 3.19. The summed E-state index contributed by atoms with van der Waals surface area (Å²) in [4.78, 5) is 2.32. The third-order valence-corrected chi connectivity index (χ3v) is 3.74. The minimum Gasteiger partial charge on any atom is -0.409 e. The van der Waals surface area contributed by atoms with E-state index in [1.165, 1.54) is 12.8 Å². The molecule has 1 aliphatic rings. The number of hydrogen-bond donors (Lipinski definition) is 2. The van der Waals surface area contributed by atoms with Crippen molar-refractivity contribution in [3.05, 3.63) is 28.8 Å². The van der Waals surface area contributed by atoms with Gasteiger partial charge in [-0.1, -0.05) is 16.8 Å². The van der Waals surface area contributed by atoms with Crippen LogP contribution in [0.15, 0.2) is 23.4 Å². The summed E-state index contributed by atoms with van der Waals surface area (Å²) < 4.78 is 0. The summed E-state index contributed by atoms with van der Waals surface area (Å²) in [5.74, 6) is 0.869. The zero-order valence-electron chi connectivity index (χ0n) is 11.3. The number of rotatable bonds is 5. The van der Waals surface area contributed by atoms with Gasteiger partial charge in [0.2, 0.25) is 0 Å². The summed E-state index contributed by atoms with van der Waals surface area (Å²) in [7, 11) is 0. The van der Waals surface area contributed by atoms with Crippen molar-refractivity contribution in [1.29, 1.82) is 0 Å². The van der Waals surface area contributed by atoms with E-state index < -0.39 is 0 Å². The number of oxime groups is 1. The van der Waals surface area contributed by atoms with E-state index in [0.29, 0.717) is 16.6 Å². The molecule has 3 N–H and O–H groups in total. The van der Waals surface area contributed by atoms with Gasteiger partial charge >= 0.3 is 0 Å². The zero-order chi connectivity index (χ0) is 14.0. The SMILES string of the molecule is CC(C)N(CC1CC1)c1ccc(C(N)=NO)cc1Cl. The van der Waals surface area contributed by atoms with Crippen molar-refractivity contribution in [2.45, 2.75) is 32.7 Å². The van der Waals surface area contributed by atoms with Crippen LogP contribution in [0.1, 0.15) is 32.3 Å². The minimum atomic E-state index is 0.0757. The summed E-state index contributed by atoms with van der Waals surface area (Å²) >= 11 is 6.34. The van der Waals surface area contributed by atoms with E-state index in [0.717, 1.165) is 18.2 Å². The minimum absolute atomic E-state index is 0.0757. The van der Waals surface area contributed by atoms with Crippen LogP contribution >= 0.6 is 11.6 Å². The molecule has 1 fully saturated rings. The molecule has 0 atom stereocenters. The lowest BCUT2D eigenvalue weighted by molar-refractivity contribution is 0.318. The first-order chi connectivity index (χ1) is 9.02. The third-order valence-electron chi connectivity index (χ3n) is 3.44. The lowest BCUT2D eigenvalue weighted by Gasteiger charge is -2.30. The molecule has 0 spiro atoms. The molecule has 104 valence electrons. The number of hydrogen-bond acceptors (Lipinski definition) is 3. The van der Waals surface area contributed by atoms with Gasteiger partial charge < -0.3 is 15.8 Å². The lowest BCUT2D eigenvalue weighted by Crippen LogP contribution is -2.33. The van der Waals surface area contributed by atoms with E-state index in [1.807, 2.05) is 12.1 Å². The fraction of sp³-hybridized carbons (Fsp3) is 0.500. The first-order valence-corrected chi connectivity index (χ1v) is 6.94. The standard InChI is InChI=1S/C14H20ClN3O/c1-9(2)18(8-10-3-4-10)13-6-5-11(7-12(13)15)14(16)17-19/h5-7,9-10,19H,3-4,8H2,1-2H3,(H2,16,17). The second kappa shape index (κ2) is 5.70. The molecule has 0 unspecified atom stereocenters. The molecule has 1 aliphatic carbocycles. The summed E-state index contributed by atoms with van der Waals surface area (Å²) in [5, 5.41) is 12.3. The van der Waals surface area contributed by atoms with E-state index >= 15 is 0 Å². The molecule has 5 heteroatoms. The normalized spacial score (nSPS) is 15.9. The predicted octanol–water partition coefficient (Wildman–Crippen LogP) is 3.06. The van der Waals surface area contributed by atoms with Crippen LogP contribution in [0.5, 0.6) is 0 Å². The highest BCUT2D eigenvalue weighted by Gasteiger charge is 2.26. The molecule has 0 aliphatic heterocycles. The van der Waals surface area contributed by atoms with Crippen molar-refractivity contribution in [2.24, 2.45) is 16.8 Å². The summed E-state index contributed by atoms with van der Waals surface area (Å²) in [5.41, 5.74) is 7.21. The first kappa shape index (κ1) is 14.0. The van der Waals surface area contributed by atoms with Gasteiger partial charge in [-0.3, -0.25) is 0 Å². The maximum absolute atomic E-state index is 8.68. The number of amidine groups is 1. The molecule has 4 nitrogen and oxygen atoms in total. The van der Waals surface area contributed by atoms with Gasteiger partial charge in [-0.05, 0) is 50.8 Å². The van der Waals surface area contributed by atoms with E-state index in [1.54, 1.807) is 6.07 Å². The smallest absolute Gasteiger partial charge is 0.170 e. The fourth-order valence-electron chi connectivity index (χ4n) is 2.12. The van der Waals surface area contributed by atoms with Crippen LogP contribution in [0, 0.1) is 5.92 Å². The topological polar surface area (TPSA) is 61.8 Å². The average molecular weight is 282 g/mol. The van der Waals surface area contributed by atoms with E-state index in [-0.39, 0.29) is 5.84 Å². The van der Waals surface area contributed by atoms with Gasteiger partial charge in [0.15, 0.2) is 5.84 Å². The largest absolute Gasteiger partial charge is 0.409 e. The van der Waals surface area contributed by atoms with Crippen molar-refractivity contribution in [1.82, 2.24) is 0 Å². The van der Waals surface area contributed by atoms with Crippen LogP contribution in [0.25, 0.3) is 0 Å². The van der Waals surface area contributed by atoms with Gasteiger partial charge in [0, 0.05) is 18.2 Å². The molecule has 19 heavy (non-hydrogen) atoms. The van der Waals surface area contributed by atoms with Crippen LogP contribution in [0.2, 0.25) is 5.02 Å². The Labute approximate surface area is 118 Å². The summed E-state index contributed by atoms with van der Waals surface area (Å²) in [6.07, 6.45) is 2.62. The Balaban J connectivity index is 2.26. The molecular formula is C14H20ClN3O. The Morgan fingerprint density at radius 3 is 2.68 bits per heavy atom. The van der Waals surface area contributed by atoms with Gasteiger partial charge in [-0.25, -0.2) is 0 Å². The van der Waals surface area contributed by atoms with Crippen LogP contribution in [0.4, 0.5) is 5.69 Å². The van der Waals surface area contributed by atoms with Crippen molar-refractivity contribution in [3.63, 3.8) is 0 Å². The first-order valence-electron chi connectivity index (χ1n) is 6.57. The highest BCUT2D eigenvalue weighted by molar-refractivity contribution is 6.33. The molecule has 1 saturated carbocycles. The molecule has 1 aromatic carbocycles. The van der Waals surface area contributed by atoms with Crippen LogP contribution in [0.3, 0.4) is 0 Å². The second-order valence-electron chi connectivity index (χ2n) is 5.34. The Kier molecular flexibility index (Phi) is 4.20. The number of benzene rings is 1. The molecule has 0 saturated heterocycles. The van der Waals surface area contributed by atoms with Crippen molar-refractivity contribution >= 4 is 23.1 Å². The highest BCUT2D eigenvalue weighted by atomic mass is 35.5. The maximum Gasteiger partial charge on any atom is 0.170 e. The number of nitrogens with two attached hydrogens (primary N) is 1. The Morgan fingerprint density at radius 1 is 1.53 bits per heavy atom. The Bertz CT molecular complexity index is 484. The highest BCUT2D eigenvalue weighted by Crippen LogP contribution is 2.35. The van der Waals surface area contributed by atoms with Crippen LogP contribution in [-0.4, -0.2) is 23.6 Å².